The van der Waals surface area contributed by atoms with Gasteiger partial charge in [0.25, 0.3) is 0 Å². The molecule has 4 heteroatoms. The van der Waals surface area contributed by atoms with Gasteiger partial charge in [0.05, 0.1) is 0 Å². The molecule has 2 fully saturated rings. The second kappa shape index (κ2) is 9.28. The molecule has 2 aliphatic rings. The van der Waals surface area contributed by atoms with Gasteiger partial charge in [-0.3, -0.25) is 10.5 Å². The lowest BCUT2D eigenvalue weighted by atomic mass is 9.64. The highest BCUT2D eigenvalue weighted by Crippen LogP contribution is 2.51. The highest BCUT2D eigenvalue weighted by Gasteiger charge is 2.41. The molecule has 6 unspecified atom stereocenters. The Morgan fingerprint density at radius 2 is 1.10 bits per heavy atom. The molecule has 0 bridgehead atoms. The van der Waals surface area contributed by atoms with Gasteiger partial charge < -0.3 is 0 Å². The van der Waals surface area contributed by atoms with Crippen LogP contribution in [0, 0.1) is 34.5 Å². The first-order chi connectivity index (χ1) is 14.0. The second-order valence-corrected chi connectivity index (χ2v) is 12.0. The summed E-state index contributed by atoms with van der Waals surface area (Å²) in [4.78, 5) is 10.3. The van der Waals surface area contributed by atoms with Gasteiger partial charge in [-0.25, -0.2) is 9.78 Å². The van der Waals surface area contributed by atoms with Gasteiger partial charge in [0.1, 0.15) is 12.2 Å². The summed E-state index contributed by atoms with van der Waals surface area (Å²) in [5, 5.41) is 20.0. The van der Waals surface area contributed by atoms with Gasteiger partial charge in [-0.15, -0.1) is 0 Å². The molecule has 0 aromatic heterocycles. The van der Waals surface area contributed by atoms with E-state index in [1.54, 1.807) is 0 Å². The molecule has 30 heavy (non-hydrogen) atoms. The Hall–Kier alpha value is -0.940. The zero-order chi connectivity index (χ0) is 22.1. The molecule has 6 atom stereocenters. The second-order valence-electron chi connectivity index (χ2n) is 12.0. The summed E-state index contributed by atoms with van der Waals surface area (Å²) in [5.74, 6) is 1.65. The van der Waals surface area contributed by atoms with Crippen LogP contribution < -0.4 is 0 Å². The zero-order valence-electron chi connectivity index (χ0n) is 19.7. The van der Waals surface area contributed by atoms with Crippen LogP contribution in [0.15, 0.2) is 24.3 Å². The lowest BCUT2D eigenvalue weighted by Gasteiger charge is -2.43. The molecule has 2 N–H and O–H groups in total. The Bertz CT molecular complexity index is 639. The Kier molecular flexibility index (Phi) is 7.33. The third-order valence-electron chi connectivity index (χ3n) is 7.53. The Morgan fingerprint density at radius 3 is 1.40 bits per heavy atom. The maximum absolute atomic E-state index is 10.00. The summed E-state index contributed by atoms with van der Waals surface area (Å²) in [6, 6.07) is 8.05. The highest BCUT2D eigenvalue weighted by atomic mass is 17.1. The summed E-state index contributed by atoms with van der Waals surface area (Å²) >= 11 is 0. The van der Waals surface area contributed by atoms with Crippen LogP contribution in [0.3, 0.4) is 0 Å². The topological polar surface area (TPSA) is 58.9 Å². The first-order valence-electron chi connectivity index (χ1n) is 11.7. The zero-order valence-corrected chi connectivity index (χ0v) is 19.7. The van der Waals surface area contributed by atoms with Crippen molar-refractivity contribution in [2.75, 3.05) is 0 Å². The van der Waals surface area contributed by atoms with Crippen LogP contribution in [0.25, 0.3) is 0 Å². The molecule has 0 saturated heterocycles. The minimum Gasteiger partial charge on any atom is -0.251 e. The average molecular weight is 419 g/mol. The van der Waals surface area contributed by atoms with Gasteiger partial charge in [-0.05, 0) is 84.2 Å². The quantitative estimate of drug-likeness (QED) is 0.367. The predicted octanol–water partition coefficient (Wildman–Crippen LogP) is 7.67. The normalized spacial score (nSPS) is 33.1. The third-order valence-corrected chi connectivity index (χ3v) is 7.53. The van der Waals surface area contributed by atoms with Crippen molar-refractivity contribution in [2.24, 2.45) is 34.5 Å². The van der Waals surface area contributed by atoms with Gasteiger partial charge in [-0.1, -0.05) is 65.8 Å². The predicted molar refractivity (Wildman–Crippen MR) is 120 cm³/mol. The lowest BCUT2D eigenvalue weighted by molar-refractivity contribution is -0.305. The molecular formula is C26H42O4. The standard InChI is InChI=1S/C26H42O4/c1-17-11-19(15-25(3,4)13-17)23(29-27)21-9-7-8-10-22(21)24(30-28)20-12-18(2)14-26(5,6)16-20/h7-10,17-20,23-24,27-28H,11-16H2,1-6H3. The molecule has 170 valence electrons. The van der Waals surface area contributed by atoms with Crippen LogP contribution in [0.4, 0.5) is 0 Å². The number of hydrogen-bond donors (Lipinski definition) is 2. The van der Waals surface area contributed by atoms with Crippen molar-refractivity contribution in [1.82, 2.24) is 0 Å². The van der Waals surface area contributed by atoms with Crippen LogP contribution in [0.5, 0.6) is 0 Å². The SMILES string of the molecule is CC1CC(C(OO)c2ccccc2C(OO)C2CC(C)CC(C)(C)C2)CC(C)(C)C1. The monoisotopic (exact) mass is 418 g/mol. The molecule has 1 aromatic carbocycles. The Balaban J connectivity index is 1.93. The van der Waals surface area contributed by atoms with Gasteiger partial charge in [-0.2, -0.15) is 0 Å². The van der Waals surface area contributed by atoms with Crippen molar-refractivity contribution in [3.05, 3.63) is 35.4 Å². The first kappa shape index (κ1) is 23.7. The van der Waals surface area contributed by atoms with Crippen molar-refractivity contribution in [3.63, 3.8) is 0 Å². The average Bonchev–Trinajstić information content (AvgIpc) is 2.61. The molecule has 2 saturated carbocycles. The molecule has 0 aliphatic heterocycles. The number of rotatable bonds is 6. The lowest BCUT2D eigenvalue weighted by Crippen LogP contribution is -2.34. The van der Waals surface area contributed by atoms with Crippen LogP contribution in [-0.4, -0.2) is 10.5 Å². The van der Waals surface area contributed by atoms with Crippen molar-refractivity contribution in [1.29, 1.82) is 0 Å². The first-order valence-corrected chi connectivity index (χ1v) is 11.7. The highest BCUT2D eigenvalue weighted by molar-refractivity contribution is 5.32. The molecule has 0 spiro atoms. The summed E-state index contributed by atoms with van der Waals surface area (Å²) < 4.78 is 0. The maximum Gasteiger partial charge on any atom is 0.121 e. The summed E-state index contributed by atoms with van der Waals surface area (Å²) in [7, 11) is 0. The van der Waals surface area contributed by atoms with E-state index in [0.29, 0.717) is 11.8 Å². The van der Waals surface area contributed by atoms with E-state index in [4.69, 9.17) is 9.78 Å². The minimum atomic E-state index is -0.408. The Labute approximate surface area is 182 Å². The fourth-order valence-electron chi connectivity index (χ4n) is 7.12. The summed E-state index contributed by atoms with van der Waals surface area (Å²) in [6.45, 7) is 13.8. The van der Waals surface area contributed by atoms with Gasteiger partial charge >= 0.3 is 0 Å². The van der Waals surface area contributed by atoms with Crippen molar-refractivity contribution in [3.8, 4) is 0 Å². The summed E-state index contributed by atoms with van der Waals surface area (Å²) in [5.41, 5.74) is 2.35. The molecule has 0 radical (unpaired) electrons. The van der Waals surface area contributed by atoms with Gasteiger partial charge in [0.2, 0.25) is 0 Å². The number of hydrogen-bond acceptors (Lipinski definition) is 4. The van der Waals surface area contributed by atoms with Gasteiger partial charge in [0, 0.05) is 0 Å². The van der Waals surface area contributed by atoms with Crippen molar-refractivity contribution < 1.29 is 20.3 Å². The molecule has 4 nitrogen and oxygen atoms in total. The molecule has 0 heterocycles. The van der Waals surface area contributed by atoms with Gasteiger partial charge in [0.15, 0.2) is 0 Å². The van der Waals surface area contributed by atoms with E-state index in [-0.39, 0.29) is 22.7 Å². The fraction of sp³-hybridized carbons (Fsp3) is 0.769. The van der Waals surface area contributed by atoms with Crippen LogP contribution in [0.1, 0.15) is 103 Å². The van der Waals surface area contributed by atoms with Crippen LogP contribution >= 0.6 is 0 Å². The number of benzene rings is 1. The van der Waals surface area contributed by atoms with E-state index in [0.717, 1.165) is 36.8 Å². The van der Waals surface area contributed by atoms with Crippen LogP contribution in [-0.2, 0) is 9.78 Å². The third kappa shape index (κ3) is 5.45. The van der Waals surface area contributed by atoms with Crippen LogP contribution in [0.2, 0.25) is 0 Å². The molecule has 3 rings (SSSR count). The molecule has 2 aliphatic carbocycles. The maximum atomic E-state index is 10.00. The van der Waals surface area contributed by atoms with Crippen molar-refractivity contribution >= 4 is 0 Å². The molecule has 1 aromatic rings. The van der Waals surface area contributed by atoms with E-state index in [1.165, 1.54) is 12.8 Å². The molecular weight excluding hydrogens is 376 g/mol. The largest absolute Gasteiger partial charge is 0.251 e. The van der Waals surface area contributed by atoms with E-state index in [9.17, 15) is 10.5 Å². The smallest absolute Gasteiger partial charge is 0.121 e. The van der Waals surface area contributed by atoms with E-state index >= 15 is 0 Å². The molecule has 0 amide bonds. The minimum absolute atomic E-state index is 0.226. The van der Waals surface area contributed by atoms with E-state index < -0.39 is 12.2 Å². The fourth-order valence-corrected chi connectivity index (χ4v) is 7.12. The van der Waals surface area contributed by atoms with Crippen molar-refractivity contribution in [2.45, 2.75) is 92.3 Å². The van der Waals surface area contributed by atoms with E-state index in [2.05, 4.69) is 41.5 Å². The van der Waals surface area contributed by atoms with E-state index in [1.807, 2.05) is 24.3 Å². The Morgan fingerprint density at radius 1 is 0.733 bits per heavy atom. The summed E-state index contributed by atoms with van der Waals surface area (Å²) in [6.07, 6.45) is 5.65.